The largest absolute Gasteiger partial charge is 0.368 e. The van der Waals surface area contributed by atoms with Gasteiger partial charge in [-0.2, -0.15) is 5.10 Å². The molecular weight excluding hydrogens is 322 g/mol. The van der Waals surface area contributed by atoms with Crippen molar-refractivity contribution in [2.24, 2.45) is 0 Å². The molecule has 3 nitrogen and oxygen atoms in total. The maximum Gasteiger partial charge on any atom is 0.106 e. The van der Waals surface area contributed by atoms with Crippen LogP contribution in [0.25, 0.3) is 10.9 Å². The van der Waals surface area contributed by atoms with E-state index in [9.17, 15) is 0 Å². The Morgan fingerprint density at radius 1 is 1.60 bits per heavy atom. The summed E-state index contributed by atoms with van der Waals surface area (Å²) in [5.41, 5.74) is 3.85. The van der Waals surface area contributed by atoms with Crippen molar-refractivity contribution in [3.63, 3.8) is 0 Å². The monoisotopic (exact) mass is 332 g/mol. The maximum atomic E-state index is 5.35. The lowest BCUT2D eigenvalue weighted by Gasteiger charge is -2.04. The molecular formula is C10H10IN2OP. The number of aryl methyl sites for hydroxylation is 1. The number of epoxide rings is 1. The Morgan fingerprint density at radius 3 is 3.07 bits per heavy atom. The number of nitrogens with zero attached hydrogens (tertiary/aromatic N) is 2. The normalized spacial score (nSPS) is 20.5. The van der Waals surface area contributed by atoms with Gasteiger partial charge in [0.2, 0.25) is 0 Å². The summed E-state index contributed by atoms with van der Waals surface area (Å²) < 4.78 is 7.39. The van der Waals surface area contributed by atoms with E-state index in [1.807, 2.05) is 10.6 Å². The van der Waals surface area contributed by atoms with Gasteiger partial charge in [0.05, 0.1) is 24.7 Å². The molecule has 5 heteroatoms. The first-order valence-corrected chi connectivity index (χ1v) is 8.82. The van der Waals surface area contributed by atoms with Crippen LogP contribution in [-0.4, -0.2) is 16.2 Å². The maximum absolute atomic E-state index is 5.35. The molecule has 3 rings (SSSR count). The van der Waals surface area contributed by atoms with Gasteiger partial charge in [-0.15, -0.1) is 0 Å². The van der Waals surface area contributed by atoms with E-state index in [-0.39, 0.29) is 0 Å². The quantitative estimate of drug-likeness (QED) is 0.480. The van der Waals surface area contributed by atoms with Crippen LogP contribution in [0.5, 0.6) is 0 Å². The summed E-state index contributed by atoms with van der Waals surface area (Å²) in [6.45, 7) is 3.01. The SMILES string of the molecule is Cc1cc2cnn(PI)c2cc1C1CO1. The average molecular weight is 332 g/mol. The molecule has 2 unspecified atom stereocenters. The molecule has 0 bridgehead atoms. The summed E-state index contributed by atoms with van der Waals surface area (Å²) in [7, 11) is 0. The highest BCUT2D eigenvalue weighted by Crippen LogP contribution is 2.36. The fraction of sp³-hybridized carbons (Fsp3) is 0.300. The molecule has 0 radical (unpaired) electrons. The van der Waals surface area contributed by atoms with Crippen LogP contribution in [0.15, 0.2) is 18.3 Å². The van der Waals surface area contributed by atoms with Crippen molar-refractivity contribution >= 4 is 39.3 Å². The van der Waals surface area contributed by atoms with Gasteiger partial charge in [-0.25, -0.2) is 4.45 Å². The smallest absolute Gasteiger partial charge is 0.106 e. The third-order valence-electron chi connectivity index (χ3n) is 2.72. The topological polar surface area (TPSA) is 30.4 Å². The number of hydrogen-bond donors (Lipinski definition) is 0. The minimum atomic E-state index is 0.329. The van der Waals surface area contributed by atoms with Crippen LogP contribution in [0.3, 0.4) is 0 Å². The predicted molar refractivity (Wildman–Crippen MR) is 70.9 cm³/mol. The summed E-state index contributed by atoms with van der Waals surface area (Å²) in [5, 5.41) is 5.58. The Labute approximate surface area is 103 Å². The molecule has 1 saturated heterocycles. The summed E-state index contributed by atoms with van der Waals surface area (Å²) >= 11 is 2.35. The lowest BCUT2D eigenvalue weighted by atomic mass is 10.0. The summed E-state index contributed by atoms with van der Waals surface area (Å²) in [4.78, 5) is 0. The molecule has 0 aliphatic carbocycles. The van der Waals surface area contributed by atoms with Crippen molar-refractivity contribution in [1.82, 2.24) is 9.55 Å². The average Bonchev–Trinajstić information content (AvgIpc) is 2.99. The first-order valence-electron chi connectivity index (χ1n) is 4.76. The van der Waals surface area contributed by atoms with Crippen molar-refractivity contribution in [3.8, 4) is 0 Å². The summed E-state index contributed by atoms with van der Waals surface area (Å²) in [6.07, 6.45) is 2.92. The zero-order valence-corrected chi connectivity index (χ0v) is 11.4. The molecule has 1 aliphatic rings. The fourth-order valence-electron chi connectivity index (χ4n) is 1.85. The van der Waals surface area contributed by atoms with Crippen molar-refractivity contribution in [2.75, 3.05) is 6.61 Å². The molecule has 0 amide bonds. The molecule has 0 spiro atoms. The van der Waals surface area contributed by atoms with Gasteiger partial charge in [0.1, 0.15) is 6.10 Å². The Morgan fingerprint density at radius 2 is 2.40 bits per heavy atom. The van der Waals surface area contributed by atoms with Gasteiger partial charge in [-0.05, 0) is 52.2 Å². The van der Waals surface area contributed by atoms with E-state index >= 15 is 0 Å². The van der Waals surface area contributed by atoms with E-state index in [0.29, 0.717) is 12.5 Å². The van der Waals surface area contributed by atoms with E-state index in [1.54, 1.807) is 0 Å². The molecule has 1 aromatic heterocycles. The third kappa shape index (κ3) is 1.69. The minimum absolute atomic E-state index is 0.329. The first-order chi connectivity index (χ1) is 7.29. The molecule has 2 heterocycles. The second kappa shape index (κ2) is 3.68. The van der Waals surface area contributed by atoms with Crippen LogP contribution in [0, 0.1) is 6.92 Å². The van der Waals surface area contributed by atoms with Crippen molar-refractivity contribution < 1.29 is 4.74 Å². The highest BCUT2D eigenvalue weighted by Gasteiger charge is 2.27. The van der Waals surface area contributed by atoms with Crippen LogP contribution < -0.4 is 0 Å². The van der Waals surface area contributed by atoms with E-state index in [1.165, 1.54) is 22.0 Å². The third-order valence-corrected chi connectivity index (χ3v) is 4.60. The number of ether oxygens (including phenoxy) is 1. The van der Waals surface area contributed by atoms with Gasteiger partial charge in [0, 0.05) is 5.39 Å². The van der Waals surface area contributed by atoms with E-state index < -0.39 is 0 Å². The Balaban J connectivity index is 2.24. The second-order valence-corrected chi connectivity index (χ2v) is 5.77. The molecule has 78 valence electrons. The van der Waals surface area contributed by atoms with Gasteiger partial charge >= 0.3 is 0 Å². The zero-order chi connectivity index (χ0) is 10.4. The van der Waals surface area contributed by atoms with Crippen molar-refractivity contribution in [2.45, 2.75) is 13.0 Å². The van der Waals surface area contributed by atoms with Crippen molar-refractivity contribution in [3.05, 3.63) is 29.5 Å². The van der Waals surface area contributed by atoms with Crippen LogP contribution in [-0.2, 0) is 4.74 Å². The van der Waals surface area contributed by atoms with Gasteiger partial charge in [0.25, 0.3) is 0 Å². The molecule has 1 fully saturated rings. The second-order valence-electron chi connectivity index (χ2n) is 3.73. The fourth-order valence-corrected chi connectivity index (χ4v) is 3.39. The number of fused-ring (bicyclic) bond motifs is 1. The van der Waals surface area contributed by atoms with E-state index in [2.05, 4.69) is 46.2 Å². The highest BCUT2D eigenvalue weighted by atomic mass is 127. The van der Waals surface area contributed by atoms with Gasteiger partial charge < -0.3 is 4.74 Å². The molecule has 0 saturated carbocycles. The number of halogens is 1. The molecule has 2 aromatic rings. The number of hydrogen-bond acceptors (Lipinski definition) is 2. The zero-order valence-electron chi connectivity index (χ0n) is 8.20. The summed E-state index contributed by atoms with van der Waals surface area (Å²) in [5.74, 6) is 0. The molecule has 2 atom stereocenters. The lowest BCUT2D eigenvalue weighted by molar-refractivity contribution is 0.415. The number of rotatable bonds is 2. The Kier molecular flexibility index (Phi) is 2.45. The predicted octanol–water partition coefficient (Wildman–Crippen LogP) is 3.21. The van der Waals surface area contributed by atoms with Crippen LogP contribution in [0.1, 0.15) is 17.2 Å². The highest BCUT2D eigenvalue weighted by molar-refractivity contribution is 14.2. The first kappa shape index (κ1) is 10.00. The molecule has 1 aliphatic heterocycles. The molecule has 15 heavy (non-hydrogen) atoms. The van der Waals surface area contributed by atoms with Crippen LogP contribution >= 0.6 is 28.4 Å². The van der Waals surface area contributed by atoms with Gasteiger partial charge in [-0.1, -0.05) is 0 Å². The molecule has 0 N–H and O–H groups in total. The Hall–Kier alpha value is -0.190. The summed E-state index contributed by atoms with van der Waals surface area (Å²) in [6, 6.07) is 4.42. The van der Waals surface area contributed by atoms with Crippen molar-refractivity contribution in [1.29, 1.82) is 0 Å². The molecule has 1 aromatic carbocycles. The Bertz CT molecular complexity index is 521. The minimum Gasteiger partial charge on any atom is -0.368 e. The van der Waals surface area contributed by atoms with E-state index in [0.717, 1.165) is 6.61 Å². The van der Waals surface area contributed by atoms with E-state index in [4.69, 9.17) is 4.74 Å². The van der Waals surface area contributed by atoms with Gasteiger partial charge in [-0.3, -0.25) is 0 Å². The number of benzene rings is 1. The van der Waals surface area contributed by atoms with Gasteiger partial charge in [0.15, 0.2) is 0 Å². The lowest BCUT2D eigenvalue weighted by Crippen LogP contribution is -1.89. The number of aromatic nitrogens is 2. The standard InChI is InChI=1S/C10H10IN2OP/c1-6-2-7-4-12-13(15-11)9(7)3-8(6)10-5-14-10/h2-4,10,15H,5H2,1H3. The van der Waals surface area contributed by atoms with Crippen LogP contribution in [0.4, 0.5) is 0 Å². The van der Waals surface area contributed by atoms with Crippen LogP contribution in [0.2, 0.25) is 0 Å².